The van der Waals surface area contributed by atoms with Crippen molar-refractivity contribution in [3.05, 3.63) is 42.0 Å². The fourth-order valence-electron chi connectivity index (χ4n) is 1.44. The fourth-order valence-corrected chi connectivity index (χ4v) is 1.44. The highest BCUT2D eigenvalue weighted by molar-refractivity contribution is 5.90. The van der Waals surface area contributed by atoms with Crippen LogP contribution in [0, 0.1) is 0 Å². The monoisotopic (exact) mass is 248 g/mol. The summed E-state index contributed by atoms with van der Waals surface area (Å²) in [6.07, 6.45) is 3.20. The van der Waals surface area contributed by atoms with Gasteiger partial charge in [0.25, 0.3) is 0 Å². The van der Waals surface area contributed by atoms with E-state index in [0.29, 0.717) is 12.2 Å². The Bertz CT molecular complexity index is 398. The zero-order valence-electron chi connectivity index (χ0n) is 11.0. The third kappa shape index (κ3) is 4.72. The van der Waals surface area contributed by atoms with E-state index in [2.05, 4.69) is 13.5 Å². The third-order valence-electron chi connectivity index (χ3n) is 2.48. The molecule has 1 aromatic carbocycles. The van der Waals surface area contributed by atoms with E-state index >= 15 is 0 Å². The van der Waals surface area contributed by atoms with Crippen LogP contribution in [0.15, 0.2) is 30.8 Å². The van der Waals surface area contributed by atoms with Crippen molar-refractivity contribution in [3.8, 4) is 0 Å². The minimum Gasteiger partial charge on any atom is -0.432 e. The summed E-state index contributed by atoms with van der Waals surface area (Å²) in [4.78, 5) is 11.8. The molecule has 0 aliphatic carbocycles. The molecule has 1 atom stereocenters. The number of benzene rings is 1. The molecule has 0 aliphatic heterocycles. The van der Waals surface area contributed by atoms with E-state index in [0.717, 1.165) is 18.4 Å². The highest BCUT2D eigenvalue weighted by atomic mass is 16.7. The lowest BCUT2D eigenvalue weighted by Gasteiger charge is -2.14. The molecule has 0 aliphatic rings. The Hall–Kier alpha value is -1.61. The molecular weight excluding hydrogens is 228 g/mol. The van der Waals surface area contributed by atoms with Gasteiger partial charge < -0.3 is 9.47 Å². The molecule has 0 N–H and O–H groups in total. The smallest absolute Gasteiger partial charge is 0.340 e. The summed E-state index contributed by atoms with van der Waals surface area (Å²) in [7, 11) is 0. The molecule has 0 fully saturated rings. The van der Waals surface area contributed by atoms with Gasteiger partial charge in [0.15, 0.2) is 6.29 Å². The summed E-state index contributed by atoms with van der Waals surface area (Å²) in [5.41, 5.74) is 1.40. The molecule has 98 valence electrons. The Kier molecular flexibility index (Phi) is 6.15. The summed E-state index contributed by atoms with van der Waals surface area (Å²) in [6.45, 7) is 8.09. The summed E-state index contributed by atoms with van der Waals surface area (Å²) in [6, 6.07) is 7.14. The Morgan fingerprint density at radius 1 is 1.50 bits per heavy atom. The molecule has 0 radical (unpaired) electrons. The quantitative estimate of drug-likeness (QED) is 0.420. The molecule has 0 heterocycles. The molecule has 0 aromatic heterocycles. The molecule has 1 rings (SSSR count). The second-order valence-electron chi connectivity index (χ2n) is 4.03. The van der Waals surface area contributed by atoms with E-state index in [1.807, 2.05) is 6.07 Å². The van der Waals surface area contributed by atoms with E-state index in [1.165, 1.54) is 0 Å². The number of esters is 1. The highest BCUT2D eigenvalue weighted by Gasteiger charge is 2.11. The maximum absolute atomic E-state index is 11.8. The molecule has 3 heteroatoms. The van der Waals surface area contributed by atoms with Crippen molar-refractivity contribution in [1.82, 2.24) is 0 Å². The Morgan fingerprint density at radius 2 is 2.28 bits per heavy atom. The number of hydrogen-bond donors (Lipinski definition) is 0. The minimum absolute atomic E-state index is 0.373. The van der Waals surface area contributed by atoms with Gasteiger partial charge in [-0.15, -0.1) is 0 Å². The topological polar surface area (TPSA) is 35.5 Å². The van der Waals surface area contributed by atoms with Gasteiger partial charge in [-0.1, -0.05) is 38.1 Å². The number of carbonyl (C=O) groups excluding carboxylic acids is 1. The molecule has 0 saturated heterocycles. The van der Waals surface area contributed by atoms with Crippen molar-refractivity contribution in [2.24, 2.45) is 0 Å². The van der Waals surface area contributed by atoms with Crippen LogP contribution in [0.4, 0.5) is 0 Å². The molecule has 0 saturated carbocycles. The fraction of sp³-hybridized carbons (Fsp3) is 0.400. The van der Waals surface area contributed by atoms with Gasteiger partial charge in [-0.2, -0.15) is 0 Å². The number of carbonyl (C=O) groups is 1. The SMILES string of the molecule is C=Cc1cccc(C(=O)OC(C)OCCCC)c1. The minimum atomic E-state index is -0.517. The molecule has 0 amide bonds. The molecule has 0 bridgehead atoms. The van der Waals surface area contributed by atoms with Gasteiger partial charge in [0, 0.05) is 0 Å². The average molecular weight is 248 g/mol. The van der Waals surface area contributed by atoms with Gasteiger partial charge in [-0.25, -0.2) is 4.79 Å². The van der Waals surface area contributed by atoms with Crippen molar-refractivity contribution in [2.75, 3.05) is 6.61 Å². The summed E-state index contributed by atoms with van der Waals surface area (Å²) in [5.74, 6) is -0.373. The van der Waals surface area contributed by atoms with Gasteiger partial charge in [0.2, 0.25) is 0 Å². The van der Waals surface area contributed by atoms with Crippen molar-refractivity contribution in [3.63, 3.8) is 0 Å². The van der Waals surface area contributed by atoms with Crippen molar-refractivity contribution < 1.29 is 14.3 Å². The first kappa shape index (κ1) is 14.5. The van der Waals surface area contributed by atoms with Crippen LogP contribution in [0.5, 0.6) is 0 Å². The van der Waals surface area contributed by atoms with Gasteiger partial charge >= 0.3 is 5.97 Å². The van der Waals surface area contributed by atoms with E-state index in [-0.39, 0.29) is 5.97 Å². The van der Waals surface area contributed by atoms with Gasteiger partial charge in [-0.05, 0) is 31.0 Å². The largest absolute Gasteiger partial charge is 0.432 e. The van der Waals surface area contributed by atoms with E-state index < -0.39 is 6.29 Å². The standard InChI is InChI=1S/C15H20O3/c1-4-6-10-17-12(3)18-15(16)14-9-7-8-13(5-2)11-14/h5,7-9,11-12H,2,4,6,10H2,1,3H3. The lowest BCUT2D eigenvalue weighted by Crippen LogP contribution is -2.18. The second-order valence-corrected chi connectivity index (χ2v) is 4.03. The van der Waals surface area contributed by atoms with Crippen LogP contribution >= 0.6 is 0 Å². The van der Waals surface area contributed by atoms with Crippen LogP contribution in [0.3, 0.4) is 0 Å². The second kappa shape index (κ2) is 7.67. The molecule has 3 nitrogen and oxygen atoms in total. The third-order valence-corrected chi connectivity index (χ3v) is 2.48. The predicted molar refractivity (Wildman–Crippen MR) is 72.3 cm³/mol. The van der Waals surface area contributed by atoms with Crippen LogP contribution in [-0.4, -0.2) is 18.9 Å². The zero-order valence-corrected chi connectivity index (χ0v) is 11.0. The first-order valence-electron chi connectivity index (χ1n) is 6.22. The van der Waals surface area contributed by atoms with Crippen LogP contribution in [0.1, 0.15) is 42.6 Å². The van der Waals surface area contributed by atoms with E-state index in [4.69, 9.17) is 9.47 Å². The predicted octanol–water partition coefficient (Wildman–Crippen LogP) is 3.65. The summed E-state index contributed by atoms with van der Waals surface area (Å²) in [5, 5.41) is 0. The Labute approximate surface area is 108 Å². The van der Waals surface area contributed by atoms with E-state index in [9.17, 15) is 4.79 Å². The zero-order chi connectivity index (χ0) is 13.4. The summed E-state index contributed by atoms with van der Waals surface area (Å²) < 4.78 is 10.6. The molecule has 1 aromatic rings. The molecule has 0 spiro atoms. The maximum atomic E-state index is 11.8. The van der Waals surface area contributed by atoms with Gasteiger partial charge in [0.05, 0.1) is 12.2 Å². The number of rotatable bonds is 7. The lowest BCUT2D eigenvalue weighted by molar-refractivity contribution is -0.0985. The van der Waals surface area contributed by atoms with Crippen molar-refractivity contribution in [1.29, 1.82) is 0 Å². The van der Waals surface area contributed by atoms with Gasteiger partial charge in [0.1, 0.15) is 0 Å². The Morgan fingerprint density at radius 3 is 2.94 bits per heavy atom. The van der Waals surface area contributed by atoms with Crippen molar-refractivity contribution >= 4 is 12.0 Å². The summed E-state index contributed by atoms with van der Waals surface area (Å²) >= 11 is 0. The molecular formula is C15H20O3. The van der Waals surface area contributed by atoms with Crippen LogP contribution in [0.2, 0.25) is 0 Å². The van der Waals surface area contributed by atoms with Crippen LogP contribution in [0.25, 0.3) is 6.08 Å². The molecule has 18 heavy (non-hydrogen) atoms. The van der Waals surface area contributed by atoms with Crippen molar-refractivity contribution in [2.45, 2.75) is 33.0 Å². The number of hydrogen-bond acceptors (Lipinski definition) is 3. The lowest BCUT2D eigenvalue weighted by atomic mass is 10.1. The number of unbranched alkanes of at least 4 members (excludes halogenated alkanes) is 1. The van der Waals surface area contributed by atoms with E-state index in [1.54, 1.807) is 31.2 Å². The van der Waals surface area contributed by atoms with Crippen LogP contribution < -0.4 is 0 Å². The van der Waals surface area contributed by atoms with Gasteiger partial charge in [-0.3, -0.25) is 0 Å². The first-order chi connectivity index (χ1) is 8.67. The Balaban J connectivity index is 2.51. The highest BCUT2D eigenvalue weighted by Crippen LogP contribution is 2.09. The van der Waals surface area contributed by atoms with Crippen LogP contribution in [-0.2, 0) is 9.47 Å². The average Bonchev–Trinajstić information content (AvgIpc) is 2.39. The number of ether oxygens (including phenoxy) is 2. The maximum Gasteiger partial charge on any atom is 0.340 e. The first-order valence-corrected chi connectivity index (χ1v) is 6.22. The normalized spacial score (nSPS) is 11.9. The molecule has 1 unspecified atom stereocenters.